The van der Waals surface area contributed by atoms with E-state index in [0.717, 1.165) is 0 Å². The average Bonchev–Trinajstić information content (AvgIpc) is 2.70. The molecular formula is C17H36IN5O5S. The van der Waals surface area contributed by atoms with Crippen LogP contribution in [0.5, 0.6) is 0 Å². The number of halogens is 1. The van der Waals surface area contributed by atoms with E-state index in [9.17, 15) is 13.2 Å². The van der Waals surface area contributed by atoms with Gasteiger partial charge in [-0.1, -0.05) is 0 Å². The van der Waals surface area contributed by atoms with Crippen LogP contribution in [-0.4, -0.2) is 74.2 Å². The van der Waals surface area contributed by atoms with Crippen molar-refractivity contribution in [1.29, 1.82) is 0 Å². The standard InChI is InChI=1S/C17H35N5O5S.HI/c1-8-19-14(20-9-10-28(18,24)25)21-11-13-12(2)26-17(6,7)22(13)15(23)27-16(3,4)5;/h12-13H,8-11H2,1-7H3,(H2,18,24,25)(H2,19,20,21);1H. The predicted molar refractivity (Wildman–Crippen MR) is 124 cm³/mol. The molecule has 0 aliphatic carbocycles. The van der Waals surface area contributed by atoms with Crippen LogP contribution < -0.4 is 15.8 Å². The van der Waals surface area contributed by atoms with Crippen LogP contribution in [-0.2, 0) is 19.5 Å². The molecule has 29 heavy (non-hydrogen) atoms. The van der Waals surface area contributed by atoms with Gasteiger partial charge in [0, 0.05) is 13.1 Å². The number of primary sulfonamides is 1. The summed E-state index contributed by atoms with van der Waals surface area (Å²) >= 11 is 0. The SMILES string of the molecule is CCNC(=NCC1C(C)OC(C)(C)N1C(=O)OC(C)(C)C)NCCS(N)(=O)=O.I. The fraction of sp³-hybridized carbons (Fsp3) is 0.882. The Morgan fingerprint density at radius 3 is 2.38 bits per heavy atom. The first-order chi connectivity index (χ1) is 12.7. The van der Waals surface area contributed by atoms with Crippen molar-refractivity contribution < 1.29 is 22.7 Å². The molecule has 0 aromatic heterocycles. The first-order valence-electron chi connectivity index (χ1n) is 9.39. The van der Waals surface area contributed by atoms with Crippen LogP contribution in [0.4, 0.5) is 4.79 Å². The van der Waals surface area contributed by atoms with E-state index in [1.165, 1.54) is 0 Å². The first kappa shape index (κ1) is 28.1. The molecule has 0 saturated carbocycles. The van der Waals surface area contributed by atoms with Crippen molar-refractivity contribution in [2.24, 2.45) is 10.1 Å². The molecule has 1 amide bonds. The van der Waals surface area contributed by atoms with Crippen molar-refractivity contribution in [3.63, 3.8) is 0 Å². The molecule has 0 bridgehead atoms. The van der Waals surface area contributed by atoms with Crippen molar-refractivity contribution >= 4 is 46.1 Å². The summed E-state index contributed by atoms with van der Waals surface area (Å²) in [5.74, 6) is 0.226. The van der Waals surface area contributed by atoms with Gasteiger partial charge >= 0.3 is 6.09 Å². The van der Waals surface area contributed by atoms with Gasteiger partial charge in [-0.15, -0.1) is 24.0 Å². The van der Waals surface area contributed by atoms with Crippen LogP contribution in [0.25, 0.3) is 0 Å². The van der Waals surface area contributed by atoms with Gasteiger partial charge in [0.25, 0.3) is 0 Å². The third-order valence-corrected chi connectivity index (χ3v) is 4.75. The number of guanidine groups is 1. The molecule has 12 heteroatoms. The molecule has 172 valence electrons. The minimum Gasteiger partial charge on any atom is -0.444 e. The summed E-state index contributed by atoms with van der Waals surface area (Å²) in [7, 11) is -3.56. The van der Waals surface area contributed by atoms with E-state index in [1.807, 2.05) is 48.5 Å². The largest absolute Gasteiger partial charge is 0.444 e. The number of hydrogen-bond donors (Lipinski definition) is 3. The second kappa shape index (κ2) is 11.0. The Balaban J connectivity index is 0.00000784. The lowest BCUT2D eigenvalue weighted by Crippen LogP contribution is -2.51. The summed E-state index contributed by atoms with van der Waals surface area (Å²) in [5, 5.41) is 11.0. The highest BCUT2D eigenvalue weighted by atomic mass is 127. The van der Waals surface area contributed by atoms with E-state index in [1.54, 1.807) is 4.90 Å². The summed E-state index contributed by atoms with van der Waals surface area (Å²) in [5.41, 5.74) is -1.46. The van der Waals surface area contributed by atoms with Gasteiger partial charge in [-0.05, 0) is 48.5 Å². The van der Waals surface area contributed by atoms with Crippen molar-refractivity contribution in [2.45, 2.75) is 71.9 Å². The quantitative estimate of drug-likeness (QED) is 0.258. The van der Waals surface area contributed by atoms with Crippen LogP contribution in [0.2, 0.25) is 0 Å². The lowest BCUT2D eigenvalue weighted by Gasteiger charge is -2.34. The fourth-order valence-corrected chi connectivity index (χ4v) is 3.32. The Morgan fingerprint density at radius 2 is 1.90 bits per heavy atom. The fourth-order valence-electron chi connectivity index (χ4n) is 2.93. The molecule has 2 unspecified atom stereocenters. The minimum atomic E-state index is -3.56. The Labute approximate surface area is 191 Å². The molecule has 1 aliphatic heterocycles. The lowest BCUT2D eigenvalue weighted by atomic mass is 10.1. The van der Waals surface area contributed by atoms with Gasteiger partial charge in [0.2, 0.25) is 10.0 Å². The van der Waals surface area contributed by atoms with Crippen molar-refractivity contribution in [3.05, 3.63) is 0 Å². The number of nitrogens with one attached hydrogen (secondary N) is 2. The number of hydrogen-bond acceptors (Lipinski definition) is 6. The molecular weight excluding hydrogens is 513 g/mol. The highest BCUT2D eigenvalue weighted by Crippen LogP contribution is 2.33. The monoisotopic (exact) mass is 549 g/mol. The number of carbonyl (C=O) groups excluding carboxylic acids is 1. The van der Waals surface area contributed by atoms with Gasteiger partial charge in [0.15, 0.2) is 5.96 Å². The summed E-state index contributed by atoms with van der Waals surface area (Å²) in [4.78, 5) is 18.8. The van der Waals surface area contributed by atoms with Gasteiger partial charge in [0.05, 0.1) is 24.4 Å². The molecule has 0 radical (unpaired) electrons. The molecule has 0 aromatic rings. The molecule has 0 aromatic carbocycles. The second-order valence-corrected chi connectivity index (χ2v) is 9.93. The number of aliphatic imine (C=N–C) groups is 1. The second-order valence-electron chi connectivity index (χ2n) is 8.20. The summed E-state index contributed by atoms with van der Waals surface area (Å²) in [6, 6.07) is -0.335. The molecule has 1 saturated heterocycles. The number of nitrogens with zero attached hydrogens (tertiary/aromatic N) is 2. The Bertz CT molecular complexity index is 678. The smallest absolute Gasteiger partial charge is 0.412 e. The number of ether oxygens (including phenoxy) is 2. The topological polar surface area (TPSA) is 135 Å². The highest BCUT2D eigenvalue weighted by molar-refractivity contribution is 14.0. The van der Waals surface area contributed by atoms with Crippen LogP contribution in [0.1, 0.15) is 48.5 Å². The van der Waals surface area contributed by atoms with Gasteiger partial charge < -0.3 is 20.1 Å². The molecule has 1 rings (SSSR count). The van der Waals surface area contributed by atoms with Crippen LogP contribution in [0.15, 0.2) is 4.99 Å². The molecule has 1 fully saturated rings. The molecule has 10 nitrogen and oxygen atoms in total. The molecule has 0 spiro atoms. The summed E-state index contributed by atoms with van der Waals surface area (Å²) in [6.07, 6.45) is -0.715. The van der Waals surface area contributed by atoms with Gasteiger partial charge in [-0.2, -0.15) is 0 Å². The van der Waals surface area contributed by atoms with E-state index >= 15 is 0 Å². The zero-order chi connectivity index (χ0) is 21.8. The van der Waals surface area contributed by atoms with Crippen LogP contribution in [0, 0.1) is 0 Å². The highest BCUT2D eigenvalue weighted by Gasteiger charge is 2.49. The third kappa shape index (κ3) is 9.66. The van der Waals surface area contributed by atoms with Crippen LogP contribution >= 0.6 is 24.0 Å². The van der Waals surface area contributed by atoms with Crippen LogP contribution in [0.3, 0.4) is 0 Å². The Kier molecular flexibility index (Phi) is 10.6. The summed E-state index contributed by atoms with van der Waals surface area (Å²) < 4.78 is 33.7. The number of carbonyl (C=O) groups is 1. The number of nitrogens with two attached hydrogens (primary N) is 1. The normalized spacial score (nSPS) is 22.1. The van der Waals surface area contributed by atoms with Gasteiger partial charge in [-0.3, -0.25) is 9.89 Å². The molecule has 1 heterocycles. The zero-order valence-corrected chi connectivity index (χ0v) is 21.5. The van der Waals surface area contributed by atoms with Crippen molar-refractivity contribution in [1.82, 2.24) is 15.5 Å². The maximum absolute atomic E-state index is 12.7. The van der Waals surface area contributed by atoms with E-state index in [0.29, 0.717) is 12.5 Å². The Morgan fingerprint density at radius 1 is 1.31 bits per heavy atom. The van der Waals surface area contributed by atoms with E-state index < -0.39 is 27.4 Å². The lowest BCUT2D eigenvalue weighted by molar-refractivity contribution is -0.0755. The minimum absolute atomic E-state index is 0. The zero-order valence-electron chi connectivity index (χ0n) is 18.3. The van der Waals surface area contributed by atoms with E-state index in [4.69, 9.17) is 14.6 Å². The maximum atomic E-state index is 12.7. The molecule has 1 aliphatic rings. The number of rotatable bonds is 6. The summed E-state index contributed by atoms with van der Waals surface area (Å²) in [6.45, 7) is 13.8. The van der Waals surface area contributed by atoms with Gasteiger partial charge in [-0.25, -0.2) is 18.4 Å². The molecule has 2 atom stereocenters. The van der Waals surface area contributed by atoms with E-state index in [-0.39, 0.29) is 55.0 Å². The van der Waals surface area contributed by atoms with E-state index in [2.05, 4.69) is 15.6 Å². The van der Waals surface area contributed by atoms with Gasteiger partial charge in [0.1, 0.15) is 11.3 Å². The molecule has 4 N–H and O–H groups in total. The maximum Gasteiger partial charge on any atom is 0.412 e. The van der Waals surface area contributed by atoms with Crippen molar-refractivity contribution in [2.75, 3.05) is 25.4 Å². The van der Waals surface area contributed by atoms with Crippen molar-refractivity contribution in [3.8, 4) is 0 Å². The third-order valence-electron chi connectivity index (χ3n) is 3.98. The number of amides is 1. The predicted octanol–water partition coefficient (Wildman–Crippen LogP) is 1.21. The Hall–Kier alpha value is -0.860. The number of sulfonamides is 1. The first-order valence-corrected chi connectivity index (χ1v) is 11.1. The average molecular weight is 549 g/mol.